The Morgan fingerprint density at radius 2 is 2.07 bits per heavy atom. The molecule has 43 heavy (non-hydrogen) atoms. The third-order valence-corrected chi connectivity index (χ3v) is 9.52. The van der Waals surface area contributed by atoms with Gasteiger partial charge in [0.15, 0.2) is 9.47 Å². The molecule has 1 fully saturated rings. The van der Waals surface area contributed by atoms with Gasteiger partial charge in [-0.05, 0) is 39.3 Å². The minimum Gasteiger partial charge on any atom is -0.427 e. The van der Waals surface area contributed by atoms with Gasteiger partial charge in [-0.3, -0.25) is 19.3 Å². The third kappa shape index (κ3) is 7.99. The lowest BCUT2D eigenvalue weighted by molar-refractivity contribution is -0.173. The van der Waals surface area contributed by atoms with Crippen LogP contribution in [0, 0.1) is 5.41 Å². The number of β-lactam (4-membered cyclic amide) rings is 1. The number of thioether (sulfide) groups is 2. The van der Waals surface area contributed by atoms with Gasteiger partial charge in [-0.15, -0.1) is 22.0 Å². The number of aromatic nitrogens is 4. The standard InChI is InChI=1S/C23H29N9O7S4/c1-23(2,3)20(36)38-10-37-19(35)14-11(8-41-22-29-26-9-42-22)7-40-18-13(17(34)32(14)18)27-16(33)12(30-39-6-4-5-24)15-28-21(25)43-31-15/h9,13,18H,4-8,10,24H2,1-3H3,(H,27,33)(H2,25,28,31)/t13?,18-/m0/s1. The molecule has 0 saturated carbocycles. The molecule has 0 bridgehead atoms. The first-order chi connectivity index (χ1) is 20.5. The summed E-state index contributed by atoms with van der Waals surface area (Å²) in [7, 11) is 0. The van der Waals surface area contributed by atoms with Crippen LogP contribution in [0.2, 0.25) is 0 Å². The summed E-state index contributed by atoms with van der Waals surface area (Å²) in [6.07, 6.45) is 0.500. The van der Waals surface area contributed by atoms with Gasteiger partial charge in [0.1, 0.15) is 29.2 Å². The Morgan fingerprint density at radius 1 is 1.28 bits per heavy atom. The summed E-state index contributed by atoms with van der Waals surface area (Å²) >= 11 is 4.92. The van der Waals surface area contributed by atoms with Gasteiger partial charge < -0.3 is 31.1 Å². The Hall–Kier alpha value is -3.33. The highest BCUT2D eigenvalue weighted by atomic mass is 32.2. The van der Waals surface area contributed by atoms with Crippen LogP contribution in [0.4, 0.5) is 5.13 Å². The van der Waals surface area contributed by atoms with E-state index in [1.165, 1.54) is 39.8 Å². The number of hydrogen-bond acceptors (Lipinski definition) is 18. The zero-order valence-electron chi connectivity index (χ0n) is 23.3. The normalized spacial score (nSPS) is 18.6. The molecule has 4 rings (SSSR count). The predicted octanol–water partition coefficient (Wildman–Crippen LogP) is 0.578. The number of carbonyl (C=O) groups excluding carboxylic acids is 4. The number of ether oxygens (including phenoxy) is 2. The first kappa shape index (κ1) is 32.6. The molecular formula is C23H29N9O7S4. The molecule has 0 spiro atoms. The van der Waals surface area contributed by atoms with Crippen molar-refractivity contribution in [2.24, 2.45) is 16.3 Å². The number of nitrogens with one attached hydrogen (secondary N) is 1. The molecule has 1 unspecified atom stereocenters. The molecule has 2 atom stereocenters. The van der Waals surface area contributed by atoms with Gasteiger partial charge in [0.25, 0.3) is 11.8 Å². The monoisotopic (exact) mass is 671 g/mol. The number of hydrogen-bond donors (Lipinski definition) is 3. The quantitative estimate of drug-likeness (QED) is 0.0503. The van der Waals surface area contributed by atoms with Crippen LogP contribution in [0.3, 0.4) is 0 Å². The van der Waals surface area contributed by atoms with E-state index in [-0.39, 0.29) is 29.0 Å². The van der Waals surface area contributed by atoms with Crippen LogP contribution in [-0.2, 0) is 33.5 Å². The van der Waals surface area contributed by atoms with E-state index in [9.17, 15) is 19.2 Å². The van der Waals surface area contributed by atoms with E-state index in [4.69, 9.17) is 25.8 Å². The molecule has 0 radical (unpaired) electrons. The van der Waals surface area contributed by atoms with Crippen molar-refractivity contribution in [2.45, 2.75) is 42.9 Å². The fourth-order valence-corrected chi connectivity index (χ4v) is 6.97. The van der Waals surface area contributed by atoms with Gasteiger partial charge in [-0.2, -0.15) is 9.36 Å². The maximum absolute atomic E-state index is 13.4. The Morgan fingerprint density at radius 3 is 2.72 bits per heavy atom. The summed E-state index contributed by atoms with van der Waals surface area (Å²) in [5.41, 5.74) is 12.3. The highest BCUT2D eigenvalue weighted by molar-refractivity contribution is 8.01. The summed E-state index contributed by atoms with van der Waals surface area (Å²) in [6.45, 7) is 4.90. The average Bonchev–Trinajstić information content (AvgIpc) is 3.65. The number of nitrogens with two attached hydrogens (primary N) is 2. The molecule has 2 aliphatic rings. The second-order valence-corrected chi connectivity index (χ2v) is 13.9. The van der Waals surface area contributed by atoms with Crippen LogP contribution in [0.1, 0.15) is 33.0 Å². The Labute approximate surface area is 262 Å². The summed E-state index contributed by atoms with van der Waals surface area (Å²) in [5.74, 6) is -2.07. The molecule has 2 amide bonds. The lowest BCUT2D eigenvalue weighted by Gasteiger charge is -2.49. The fourth-order valence-electron chi connectivity index (χ4n) is 3.56. The molecule has 2 aromatic heterocycles. The van der Waals surface area contributed by atoms with Crippen molar-refractivity contribution >= 4 is 81.0 Å². The van der Waals surface area contributed by atoms with Gasteiger partial charge in [0.2, 0.25) is 18.3 Å². The van der Waals surface area contributed by atoms with Crippen LogP contribution in [0.5, 0.6) is 0 Å². The van der Waals surface area contributed by atoms with E-state index in [2.05, 4.69) is 30.0 Å². The number of fused-ring (bicyclic) bond motifs is 1. The van der Waals surface area contributed by atoms with Crippen molar-refractivity contribution in [2.75, 3.05) is 37.2 Å². The van der Waals surface area contributed by atoms with Crippen LogP contribution >= 0.6 is 46.4 Å². The topological polar surface area (TPSA) is 227 Å². The van der Waals surface area contributed by atoms with Crippen LogP contribution in [-0.4, -0.2) is 96.8 Å². The minimum absolute atomic E-state index is 0.0241. The first-order valence-electron chi connectivity index (χ1n) is 12.7. The Balaban J connectivity index is 1.50. The second-order valence-electron chi connectivity index (χ2n) is 9.91. The Kier molecular flexibility index (Phi) is 10.9. The number of rotatable bonds is 13. The molecule has 0 aliphatic carbocycles. The maximum Gasteiger partial charge on any atom is 0.357 e. The van der Waals surface area contributed by atoms with Crippen molar-refractivity contribution in [1.29, 1.82) is 0 Å². The number of amides is 2. The van der Waals surface area contributed by atoms with Gasteiger partial charge in [-0.25, -0.2) is 4.79 Å². The SMILES string of the molecule is CC(C)(C)C(=O)OCOC(=O)C1=C(CSc2nncs2)CS[C@H]2C(NC(=O)C(=NOCCCN)c3nsc(N)n3)C(=O)N12. The minimum atomic E-state index is -0.999. The number of anilines is 1. The molecule has 232 valence electrons. The zero-order chi connectivity index (χ0) is 31.1. The summed E-state index contributed by atoms with van der Waals surface area (Å²) in [4.78, 5) is 62.5. The molecule has 16 nitrogen and oxygen atoms in total. The van der Waals surface area contributed by atoms with Gasteiger partial charge in [0.05, 0.1) is 5.41 Å². The molecule has 4 heterocycles. The van der Waals surface area contributed by atoms with Crippen molar-refractivity contribution in [1.82, 2.24) is 29.8 Å². The lowest BCUT2D eigenvalue weighted by Crippen LogP contribution is -2.71. The lowest BCUT2D eigenvalue weighted by atomic mass is 9.98. The molecule has 2 aromatic rings. The predicted molar refractivity (Wildman–Crippen MR) is 160 cm³/mol. The molecule has 5 N–H and O–H groups in total. The Bertz CT molecular complexity index is 1410. The van der Waals surface area contributed by atoms with Crippen molar-refractivity contribution in [3.05, 3.63) is 22.6 Å². The van der Waals surface area contributed by atoms with E-state index in [1.807, 2.05) is 0 Å². The van der Waals surface area contributed by atoms with E-state index in [0.29, 0.717) is 34.4 Å². The number of nitrogen functional groups attached to an aromatic ring is 1. The van der Waals surface area contributed by atoms with E-state index in [0.717, 1.165) is 11.5 Å². The van der Waals surface area contributed by atoms with Crippen LogP contribution < -0.4 is 16.8 Å². The van der Waals surface area contributed by atoms with E-state index < -0.39 is 47.4 Å². The van der Waals surface area contributed by atoms with Crippen molar-refractivity contribution < 1.29 is 33.5 Å². The highest BCUT2D eigenvalue weighted by Crippen LogP contribution is 2.42. The van der Waals surface area contributed by atoms with Gasteiger partial charge in [0, 0.05) is 23.0 Å². The molecule has 2 aliphatic heterocycles. The van der Waals surface area contributed by atoms with E-state index in [1.54, 1.807) is 26.3 Å². The highest BCUT2D eigenvalue weighted by Gasteiger charge is 2.54. The largest absolute Gasteiger partial charge is 0.427 e. The number of nitrogens with zero attached hydrogens (tertiary/aromatic N) is 6. The average molecular weight is 672 g/mol. The smallest absolute Gasteiger partial charge is 0.357 e. The summed E-state index contributed by atoms with van der Waals surface area (Å²) in [6, 6.07) is -0.999. The van der Waals surface area contributed by atoms with Gasteiger partial charge in [-0.1, -0.05) is 28.3 Å². The molecular weight excluding hydrogens is 643 g/mol. The van der Waals surface area contributed by atoms with Gasteiger partial charge >= 0.3 is 11.9 Å². The zero-order valence-corrected chi connectivity index (χ0v) is 26.6. The third-order valence-electron chi connectivity index (χ3n) is 5.69. The first-order valence-corrected chi connectivity index (χ1v) is 16.4. The summed E-state index contributed by atoms with van der Waals surface area (Å²) in [5, 5.41) is 13.8. The second kappa shape index (κ2) is 14.4. The van der Waals surface area contributed by atoms with Crippen LogP contribution in [0.15, 0.2) is 26.3 Å². The number of oxime groups is 1. The fraction of sp³-hybridized carbons (Fsp3) is 0.522. The maximum atomic E-state index is 13.4. The number of carbonyl (C=O) groups is 4. The van der Waals surface area contributed by atoms with Crippen molar-refractivity contribution in [3.8, 4) is 0 Å². The number of esters is 2. The van der Waals surface area contributed by atoms with E-state index >= 15 is 0 Å². The van der Waals surface area contributed by atoms with Crippen molar-refractivity contribution in [3.63, 3.8) is 0 Å². The van der Waals surface area contributed by atoms with Crippen LogP contribution in [0.25, 0.3) is 0 Å². The molecule has 1 saturated heterocycles. The molecule has 0 aromatic carbocycles. The summed E-state index contributed by atoms with van der Waals surface area (Å²) < 4.78 is 15.0. The molecule has 20 heteroatoms.